The number of hydrogen-bond donors (Lipinski definition) is 1. The molecule has 0 aliphatic carbocycles. The molecule has 22 heavy (non-hydrogen) atoms. The van der Waals surface area contributed by atoms with Crippen molar-refractivity contribution in [2.45, 2.75) is 23.5 Å². The summed E-state index contributed by atoms with van der Waals surface area (Å²) in [5.41, 5.74) is -0.160. The quantitative estimate of drug-likeness (QED) is 0.724. The van der Waals surface area contributed by atoms with Gasteiger partial charge in [-0.2, -0.15) is 8.68 Å². The van der Waals surface area contributed by atoms with Crippen LogP contribution in [0.4, 0.5) is 0 Å². The van der Waals surface area contributed by atoms with Crippen LogP contribution in [-0.2, 0) is 14.8 Å². The highest BCUT2D eigenvalue weighted by molar-refractivity contribution is 7.89. The van der Waals surface area contributed by atoms with Crippen LogP contribution in [0.3, 0.4) is 0 Å². The number of aliphatic hydroxyl groups is 1. The fraction of sp³-hybridized carbons (Fsp3) is 0.667. The predicted octanol–water partition coefficient (Wildman–Crippen LogP) is -0.631. The second-order valence-electron chi connectivity index (χ2n) is 5.43. The molecule has 1 atom stereocenters. The van der Waals surface area contributed by atoms with E-state index in [0.29, 0.717) is 19.6 Å². The number of carbonyl (C=O) groups excluding carboxylic acids is 1. The van der Waals surface area contributed by atoms with E-state index in [0.717, 1.165) is 24.5 Å². The van der Waals surface area contributed by atoms with Gasteiger partial charge in [0.05, 0.1) is 13.2 Å². The first-order valence-corrected chi connectivity index (χ1v) is 9.16. The molecule has 0 bridgehead atoms. The van der Waals surface area contributed by atoms with Crippen LogP contribution in [0.1, 0.15) is 16.9 Å². The molecule has 1 N–H and O–H groups in total. The van der Waals surface area contributed by atoms with Crippen LogP contribution < -0.4 is 0 Å². The van der Waals surface area contributed by atoms with Crippen LogP contribution in [-0.4, -0.2) is 78.5 Å². The van der Waals surface area contributed by atoms with Crippen molar-refractivity contribution < 1.29 is 23.1 Å². The zero-order chi connectivity index (χ0) is 15.9. The van der Waals surface area contributed by atoms with Gasteiger partial charge < -0.3 is 9.84 Å². The summed E-state index contributed by atoms with van der Waals surface area (Å²) in [7, 11) is -2.54. The molecule has 0 aromatic carbocycles. The van der Waals surface area contributed by atoms with E-state index in [1.165, 1.54) is 16.8 Å². The van der Waals surface area contributed by atoms with E-state index in [4.69, 9.17) is 0 Å². The number of carbonyl (C=O) groups is 1. The Morgan fingerprint density at radius 3 is 2.77 bits per heavy atom. The summed E-state index contributed by atoms with van der Waals surface area (Å²) in [5, 5.41) is 10.9. The lowest BCUT2D eigenvalue weighted by Gasteiger charge is -2.42. The summed E-state index contributed by atoms with van der Waals surface area (Å²) in [5.74, 6) is -0.750. The number of nitrogens with zero attached hydrogens (tertiary/aromatic N) is 3. The number of likely N-dealkylation sites (tertiary alicyclic amines) is 1. The second kappa shape index (κ2) is 5.85. The third-order valence-corrected chi connectivity index (χ3v) is 6.70. The summed E-state index contributed by atoms with van der Waals surface area (Å²) in [4.78, 5) is 13.6. The molecular weight excluding hydrogens is 330 g/mol. The van der Waals surface area contributed by atoms with Crippen LogP contribution in [0.15, 0.2) is 10.3 Å². The average Bonchev–Trinajstić information content (AvgIpc) is 3.05. The molecule has 2 aliphatic rings. The average molecular weight is 347 g/mol. The van der Waals surface area contributed by atoms with E-state index >= 15 is 0 Å². The number of sulfonamides is 1. The summed E-state index contributed by atoms with van der Waals surface area (Å²) in [6.07, 6.45) is 0.405. The van der Waals surface area contributed by atoms with Crippen molar-refractivity contribution in [1.29, 1.82) is 0 Å². The Morgan fingerprint density at radius 1 is 1.45 bits per heavy atom. The van der Waals surface area contributed by atoms with Gasteiger partial charge in [-0.3, -0.25) is 4.90 Å². The Kier molecular flexibility index (Phi) is 4.21. The van der Waals surface area contributed by atoms with Crippen molar-refractivity contribution in [2.75, 3.05) is 33.3 Å². The van der Waals surface area contributed by atoms with Crippen LogP contribution in [0.5, 0.6) is 0 Å². The van der Waals surface area contributed by atoms with E-state index in [9.17, 15) is 18.3 Å². The topological polar surface area (TPSA) is 100 Å². The highest BCUT2D eigenvalue weighted by Crippen LogP contribution is 2.29. The highest BCUT2D eigenvalue weighted by atomic mass is 32.2. The van der Waals surface area contributed by atoms with E-state index in [1.54, 1.807) is 0 Å². The fourth-order valence-corrected chi connectivity index (χ4v) is 5.33. The lowest BCUT2D eigenvalue weighted by atomic mass is 10.1. The molecule has 0 unspecified atom stereocenters. The molecule has 0 saturated carbocycles. The standard InChI is InChI=1S/C12H17N3O5S2/c1-20-12(17)11-10(7-21-13-11)22(18,19)15-4-8(5-15)14-3-2-9(16)6-14/h7-9,16H,2-6H2,1H3/t9-/m1/s1. The smallest absolute Gasteiger partial charge is 0.359 e. The summed E-state index contributed by atoms with van der Waals surface area (Å²) < 4.78 is 34.8. The Bertz CT molecular complexity index is 668. The third-order valence-electron chi connectivity index (χ3n) is 4.07. The molecule has 1 aromatic heterocycles. The molecule has 3 heterocycles. The predicted molar refractivity (Wildman–Crippen MR) is 78.2 cm³/mol. The molecule has 2 saturated heterocycles. The number of ether oxygens (including phenoxy) is 1. The van der Waals surface area contributed by atoms with Gasteiger partial charge in [0.1, 0.15) is 4.90 Å². The first kappa shape index (κ1) is 15.8. The van der Waals surface area contributed by atoms with E-state index < -0.39 is 16.0 Å². The van der Waals surface area contributed by atoms with Gasteiger partial charge in [-0.05, 0) is 18.0 Å². The van der Waals surface area contributed by atoms with Gasteiger partial charge in [0.15, 0.2) is 5.69 Å². The largest absolute Gasteiger partial charge is 0.464 e. The van der Waals surface area contributed by atoms with Gasteiger partial charge in [-0.25, -0.2) is 13.2 Å². The molecule has 8 nitrogen and oxygen atoms in total. The monoisotopic (exact) mass is 347 g/mol. The van der Waals surface area contributed by atoms with Gasteiger partial charge >= 0.3 is 5.97 Å². The van der Waals surface area contributed by atoms with Crippen molar-refractivity contribution in [3.63, 3.8) is 0 Å². The highest BCUT2D eigenvalue weighted by Gasteiger charge is 2.43. The van der Waals surface area contributed by atoms with Gasteiger partial charge in [0.25, 0.3) is 0 Å². The van der Waals surface area contributed by atoms with Crippen molar-refractivity contribution >= 4 is 27.5 Å². The van der Waals surface area contributed by atoms with Crippen LogP contribution >= 0.6 is 11.5 Å². The fourth-order valence-electron chi connectivity index (χ4n) is 2.73. The Hall–Kier alpha value is -1.07. The van der Waals surface area contributed by atoms with E-state index in [-0.39, 0.29) is 22.7 Å². The number of rotatable bonds is 4. The number of β-amino-alcohol motifs (C(OH)–C–C–N with tert-alkyl or cyclic N) is 1. The maximum absolute atomic E-state index is 12.6. The third kappa shape index (κ3) is 2.65. The normalized spacial score (nSPS) is 24.4. The Labute approximate surface area is 132 Å². The number of methoxy groups -OCH3 is 1. The summed E-state index contributed by atoms with van der Waals surface area (Å²) >= 11 is 0.915. The number of esters is 1. The van der Waals surface area contributed by atoms with Gasteiger partial charge in [-0.15, -0.1) is 0 Å². The lowest BCUT2D eigenvalue weighted by Crippen LogP contribution is -2.60. The Morgan fingerprint density at radius 2 is 2.18 bits per heavy atom. The SMILES string of the molecule is COC(=O)c1nscc1S(=O)(=O)N1CC(N2CC[C@@H](O)C2)C1. The van der Waals surface area contributed by atoms with Crippen LogP contribution in [0.2, 0.25) is 0 Å². The first-order chi connectivity index (χ1) is 10.4. The van der Waals surface area contributed by atoms with Crippen molar-refractivity contribution in [3.05, 3.63) is 11.1 Å². The molecule has 0 spiro atoms. The number of aromatic nitrogens is 1. The van der Waals surface area contributed by atoms with Gasteiger partial charge in [0.2, 0.25) is 10.0 Å². The molecule has 0 amide bonds. The number of hydrogen-bond acceptors (Lipinski definition) is 8. The van der Waals surface area contributed by atoms with Crippen molar-refractivity contribution in [1.82, 2.24) is 13.6 Å². The zero-order valence-electron chi connectivity index (χ0n) is 12.0. The molecular formula is C12H17N3O5S2. The van der Waals surface area contributed by atoms with E-state index in [2.05, 4.69) is 14.0 Å². The van der Waals surface area contributed by atoms with Crippen molar-refractivity contribution in [2.24, 2.45) is 0 Å². The second-order valence-corrected chi connectivity index (χ2v) is 7.97. The van der Waals surface area contributed by atoms with Crippen molar-refractivity contribution in [3.8, 4) is 0 Å². The lowest BCUT2D eigenvalue weighted by molar-refractivity contribution is 0.0589. The summed E-state index contributed by atoms with van der Waals surface area (Å²) in [6.45, 7) is 2.11. The molecule has 2 fully saturated rings. The minimum Gasteiger partial charge on any atom is -0.464 e. The molecule has 10 heteroatoms. The maximum atomic E-state index is 12.6. The van der Waals surface area contributed by atoms with E-state index in [1.807, 2.05) is 0 Å². The van der Waals surface area contributed by atoms with Gasteiger partial charge in [0, 0.05) is 37.6 Å². The van der Waals surface area contributed by atoms with Crippen LogP contribution in [0.25, 0.3) is 0 Å². The number of aliphatic hydroxyl groups excluding tert-OH is 1. The summed E-state index contributed by atoms with van der Waals surface area (Å²) in [6, 6.07) is 0.125. The maximum Gasteiger partial charge on any atom is 0.359 e. The Balaban J connectivity index is 1.71. The minimum atomic E-state index is -3.73. The molecule has 122 valence electrons. The first-order valence-electron chi connectivity index (χ1n) is 6.88. The minimum absolute atomic E-state index is 0.0933. The molecule has 3 rings (SSSR count). The molecule has 1 aromatic rings. The van der Waals surface area contributed by atoms with Crippen LogP contribution in [0, 0.1) is 0 Å². The molecule has 2 aliphatic heterocycles. The molecule has 0 radical (unpaired) electrons. The zero-order valence-corrected chi connectivity index (χ0v) is 13.6. The van der Waals surface area contributed by atoms with Gasteiger partial charge in [-0.1, -0.05) is 0 Å².